The molecule has 1 aromatic carbocycles. The van der Waals surface area contributed by atoms with Crippen molar-refractivity contribution in [1.82, 2.24) is 0 Å². The summed E-state index contributed by atoms with van der Waals surface area (Å²) in [6.07, 6.45) is -3.74. The predicted molar refractivity (Wildman–Crippen MR) is 65.4 cm³/mol. The molecule has 0 fully saturated rings. The van der Waals surface area contributed by atoms with E-state index < -0.39 is 13.0 Å². The van der Waals surface area contributed by atoms with Gasteiger partial charge in [0.25, 0.3) is 0 Å². The molecule has 1 aromatic rings. The number of hydrogen-bond acceptors (Lipinski definition) is 3. The van der Waals surface area contributed by atoms with Crippen molar-refractivity contribution in [3.8, 4) is 0 Å². The third-order valence-corrected chi connectivity index (χ3v) is 2.36. The fourth-order valence-corrected chi connectivity index (χ4v) is 1.63. The summed E-state index contributed by atoms with van der Waals surface area (Å²) in [4.78, 5) is 1.82. The zero-order valence-corrected chi connectivity index (χ0v) is 10.2. The third kappa shape index (κ3) is 5.27. The maximum Gasteiger partial charge on any atom is 0.522 e. The van der Waals surface area contributed by atoms with Gasteiger partial charge in [0.1, 0.15) is 0 Å². The molecule has 0 saturated carbocycles. The van der Waals surface area contributed by atoms with E-state index in [9.17, 15) is 13.2 Å². The van der Waals surface area contributed by atoms with Crippen LogP contribution < -0.4 is 10.6 Å². The summed E-state index contributed by atoms with van der Waals surface area (Å²) in [7, 11) is 0. The van der Waals surface area contributed by atoms with E-state index >= 15 is 0 Å². The van der Waals surface area contributed by atoms with Crippen molar-refractivity contribution in [2.45, 2.75) is 19.7 Å². The first kappa shape index (κ1) is 14.6. The second-order valence-corrected chi connectivity index (χ2v) is 3.88. The minimum Gasteiger partial charge on any atom is -0.399 e. The van der Waals surface area contributed by atoms with Gasteiger partial charge in [-0.25, -0.2) is 0 Å². The second kappa shape index (κ2) is 6.49. The maximum absolute atomic E-state index is 11.9. The molecule has 0 aliphatic carbocycles. The van der Waals surface area contributed by atoms with E-state index in [2.05, 4.69) is 4.74 Å². The van der Waals surface area contributed by atoms with Crippen molar-refractivity contribution < 1.29 is 17.9 Å². The molecule has 1 rings (SSSR count). The normalized spacial score (nSPS) is 11.6. The van der Waals surface area contributed by atoms with Crippen molar-refractivity contribution in [2.75, 3.05) is 30.3 Å². The highest BCUT2D eigenvalue weighted by Crippen LogP contribution is 2.19. The third-order valence-electron chi connectivity index (χ3n) is 2.36. The quantitative estimate of drug-likeness (QED) is 0.801. The molecule has 0 amide bonds. The van der Waals surface area contributed by atoms with E-state index in [0.717, 1.165) is 12.1 Å². The highest BCUT2D eigenvalue weighted by atomic mass is 19.4. The molecule has 18 heavy (non-hydrogen) atoms. The largest absolute Gasteiger partial charge is 0.522 e. The predicted octanol–water partition coefficient (Wildman–Crippen LogP) is 3.02. The Hall–Kier alpha value is -1.43. The summed E-state index contributed by atoms with van der Waals surface area (Å²) in [6.45, 7) is 2.41. The molecule has 0 bridgehead atoms. The summed E-state index contributed by atoms with van der Waals surface area (Å²) < 4.78 is 39.5. The van der Waals surface area contributed by atoms with Gasteiger partial charge in [0.2, 0.25) is 0 Å². The van der Waals surface area contributed by atoms with Gasteiger partial charge in [-0.1, -0.05) is 13.0 Å². The maximum atomic E-state index is 11.9. The van der Waals surface area contributed by atoms with Crippen LogP contribution in [0.1, 0.15) is 13.3 Å². The lowest BCUT2D eigenvalue weighted by molar-refractivity contribution is -0.323. The first-order valence-corrected chi connectivity index (χ1v) is 5.73. The number of nitrogens with two attached hydrogens (primary N) is 1. The first-order chi connectivity index (χ1) is 8.42. The summed E-state index contributed by atoms with van der Waals surface area (Å²) in [5, 5.41) is 0. The van der Waals surface area contributed by atoms with Gasteiger partial charge in [-0.2, -0.15) is 0 Å². The van der Waals surface area contributed by atoms with Crippen LogP contribution in [0.2, 0.25) is 0 Å². The second-order valence-electron chi connectivity index (χ2n) is 3.88. The molecule has 0 radical (unpaired) electrons. The number of benzene rings is 1. The van der Waals surface area contributed by atoms with Crippen LogP contribution in [0.3, 0.4) is 0 Å². The number of nitrogens with zero attached hydrogens (tertiary/aromatic N) is 1. The van der Waals surface area contributed by atoms with Crippen molar-refractivity contribution in [2.24, 2.45) is 0 Å². The van der Waals surface area contributed by atoms with Gasteiger partial charge in [0.05, 0.1) is 6.61 Å². The topological polar surface area (TPSA) is 38.5 Å². The molecule has 0 spiro atoms. The lowest BCUT2D eigenvalue weighted by Crippen LogP contribution is -2.30. The zero-order valence-electron chi connectivity index (χ0n) is 10.2. The lowest BCUT2D eigenvalue weighted by Gasteiger charge is -2.24. The number of ether oxygens (including phenoxy) is 1. The van der Waals surface area contributed by atoms with Gasteiger partial charge in [-0.3, -0.25) is 4.74 Å². The Morgan fingerprint density at radius 3 is 2.56 bits per heavy atom. The Bertz CT molecular complexity index is 369. The molecule has 0 aliphatic heterocycles. The minimum atomic E-state index is -4.58. The Morgan fingerprint density at radius 1 is 1.28 bits per heavy atom. The molecule has 6 heteroatoms. The van der Waals surface area contributed by atoms with Crippen LogP contribution in [0, 0.1) is 0 Å². The molecular formula is C12H17F3N2O. The van der Waals surface area contributed by atoms with Gasteiger partial charge < -0.3 is 10.6 Å². The van der Waals surface area contributed by atoms with Gasteiger partial charge >= 0.3 is 6.36 Å². The summed E-state index contributed by atoms with van der Waals surface area (Å²) >= 11 is 0. The number of hydrogen-bond donors (Lipinski definition) is 1. The average molecular weight is 262 g/mol. The number of alkyl halides is 3. The van der Waals surface area contributed by atoms with Crippen molar-refractivity contribution in [3.63, 3.8) is 0 Å². The highest BCUT2D eigenvalue weighted by molar-refractivity contribution is 5.55. The summed E-state index contributed by atoms with van der Waals surface area (Å²) in [5.74, 6) is 0. The van der Waals surface area contributed by atoms with Crippen LogP contribution in [0.5, 0.6) is 0 Å². The fraction of sp³-hybridized carbons (Fsp3) is 0.500. The fourth-order valence-electron chi connectivity index (χ4n) is 1.63. The van der Waals surface area contributed by atoms with Crippen molar-refractivity contribution >= 4 is 11.4 Å². The number of rotatable bonds is 6. The van der Waals surface area contributed by atoms with Crippen LogP contribution >= 0.6 is 0 Å². The molecule has 0 heterocycles. The Morgan fingerprint density at radius 2 is 2.00 bits per heavy atom. The Kier molecular flexibility index (Phi) is 5.27. The molecule has 0 aliphatic rings. The standard InChI is InChI=1S/C12H17F3N2O/c1-2-6-17(7-8-18-12(13,14)15)11-5-3-4-10(16)9-11/h3-5,9H,2,6-8,16H2,1H3. The van der Waals surface area contributed by atoms with Crippen LogP contribution in [0.15, 0.2) is 24.3 Å². The number of halogens is 3. The van der Waals surface area contributed by atoms with Crippen LogP contribution in [0.4, 0.5) is 24.5 Å². The Balaban J connectivity index is 2.60. The molecule has 3 nitrogen and oxygen atoms in total. The smallest absolute Gasteiger partial charge is 0.399 e. The molecule has 0 saturated heterocycles. The SMILES string of the molecule is CCCN(CCOC(F)(F)F)c1cccc(N)c1. The molecular weight excluding hydrogens is 245 g/mol. The van der Waals surface area contributed by atoms with Crippen molar-refractivity contribution in [1.29, 1.82) is 0 Å². The number of anilines is 2. The average Bonchev–Trinajstić information content (AvgIpc) is 2.26. The van der Waals surface area contributed by atoms with E-state index in [1.165, 1.54) is 0 Å². The zero-order chi connectivity index (χ0) is 13.6. The van der Waals surface area contributed by atoms with E-state index in [1.807, 2.05) is 17.9 Å². The monoisotopic (exact) mass is 262 g/mol. The van der Waals surface area contributed by atoms with Gasteiger partial charge in [0.15, 0.2) is 0 Å². The van der Waals surface area contributed by atoms with E-state index in [-0.39, 0.29) is 6.54 Å². The molecule has 0 unspecified atom stereocenters. The molecule has 0 atom stereocenters. The van der Waals surface area contributed by atoms with Crippen LogP contribution in [-0.4, -0.2) is 26.1 Å². The minimum absolute atomic E-state index is 0.177. The van der Waals surface area contributed by atoms with Gasteiger partial charge in [-0.05, 0) is 24.6 Å². The lowest BCUT2D eigenvalue weighted by atomic mass is 10.2. The van der Waals surface area contributed by atoms with Crippen LogP contribution in [-0.2, 0) is 4.74 Å². The summed E-state index contributed by atoms with van der Waals surface area (Å²) in [5.41, 5.74) is 7.05. The van der Waals surface area contributed by atoms with E-state index in [0.29, 0.717) is 12.2 Å². The van der Waals surface area contributed by atoms with Crippen LogP contribution in [0.25, 0.3) is 0 Å². The Labute approximate surface area is 104 Å². The molecule has 2 N–H and O–H groups in total. The van der Waals surface area contributed by atoms with Gasteiger partial charge in [0, 0.05) is 24.5 Å². The molecule has 0 aromatic heterocycles. The highest BCUT2D eigenvalue weighted by Gasteiger charge is 2.28. The summed E-state index contributed by atoms with van der Waals surface area (Å²) in [6, 6.07) is 7.07. The number of nitrogen functional groups attached to an aromatic ring is 1. The van der Waals surface area contributed by atoms with Crippen molar-refractivity contribution in [3.05, 3.63) is 24.3 Å². The van der Waals surface area contributed by atoms with E-state index in [1.54, 1.807) is 18.2 Å². The first-order valence-electron chi connectivity index (χ1n) is 5.73. The molecule has 102 valence electrons. The van der Waals surface area contributed by atoms with E-state index in [4.69, 9.17) is 5.73 Å². The van der Waals surface area contributed by atoms with Gasteiger partial charge in [-0.15, -0.1) is 13.2 Å².